The number of carbonyl (C=O) groups excluding carboxylic acids is 1. The molecule has 0 amide bonds. The Hall–Kier alpha value is -2.62. The molecule has 1 unspecified atom stereocenters. The second-order valence-corrected chi connectivity index (χ2v) is 8.17. The maximum Gasteiger partial charge on any atom is 0.327 e. The number of nitrogens with one attached hydrogen (secondary N) is 1. The number of nitrogen functional groups attached to an aromatic ring is 1. The molecule has 31 heavy (non-hydrogen) atoms. The number of piperidine rings is 1. The highest BCUT2D eigenvalue weighted by Crippen LogP contribution is 2.21. The number of aromatic amines is 1. The number of hydrogen-bond acceptors (Lipinski definition) is 8. The van der Waals surface area contributed by atoms with Gasteiger partial charge in [0.2, 0.25) is 0 Å². The van der Waals surface area contributed by atoms with E-state index in [4.69, 9.17) is 15.2 Å². The molecule has 3 N–H and O–H groups in total. The Balaban J connectivity index is 1.55. The summed E-state index contributed by atoms with van der Waals surface area (Å²) in [6.07, 6.45) is 6.35. The molecular formula is C21H34N6O4. The fraction of sp³-hybridized carbons (Fsp3) is 0.714. The van der Waals surface area contributed by atoms with Gasteiger partial charge in [0.05, 0.1) is 13.7 Å². The molecule has 2 aromatic heterocycles. The number of nitrogens with two attached hydrogens (primary N) is 1. The second kappa shape index (κ2) is 11.1. The van der Waals surface area contributed by atoms with Gasteiger partial charge in [0.1, 0.15) is 5.52 Å². The topological polar surface area (TPSA) is 128 Å². The third-order valence-corrected chi connectivity index (χ3v) is 5.75. The number of hydrogen-bond donors (Lipinski definition) is 2. The number of rotatable bonds is 11. The summed E-state index contributed by atoms with van der Waals surface area (Å²) >= 11 is 0. The summed E-state index contributed by atoms with van der Waals surface area (Å²) in [5.41, 5.74) is 6.70. The van der Waals surface area contributed by atoms with E-state index in [1.807, 2.05) is 0 Å². The highest BCUT2D eigenvalue weighted by molar-refractivity contribution is 5.81. The molecule has 1 aliphatic heterocycles. The molecule has 3 rings (SSSR count). The average Bonchev–Trinajstić information content (AvgIpc) is 3.07. The van der Waals surface area contributed by atoms with Crippen LogP contribution >= 0.6 is 0 Å². The molecule has 0 spiro atoms. The quantitative estimate of drug-likeness (QED) is 0.405. The summed E-state index contributed by atoms with van der Waals surface area (Å²) in [6, 6.07) is 0.205. The molecule has 1 fully saturated rings. The lowest BCUT2D eigenvalue weighted by Gasteiger charge is -2.32. The van der Waals surface area contributed by atoms with Crippen molar-refractivity contribution in [1.29, 1.82) is 0 Å². The van der Waals surface area contributed by atoms with Gasteiger partial charge in [-0.25, -0.2) is 4.79 Å². The van der Waals surface area contributed by atoms with Gasteiger partial charge >= 0.3 is 17.7 Å². The number of unbranched alkanes of at least 4 members (excludes halogenated alkanes) is 2. The van der Waals surface area contributed by atoms with Crippen LogP contribution in [0.15, 0.2) is 4.79 Å². The van der Waals surface area contributed by atoms with Crippen LogP contribution in [-0.4, -0.2) is 63.7 Å². The molecular weight excluding hydrogens is 400 g/mol. The Bertz CT molecular complexity index is 924. The Morgan fingerprint density at radius 2 is 2.06 bits per heavy atom. The largest absolute Gasteiger partial charge is 0.469 e. The zero-order valence-corrected chi connectivity index (χ0v) is 18.6. The maximum atomic E-state index is 12.4. The monoisotopic (exact) mass is 434 g/mol. The van der Waals surface area contributed by atoms with Crippen LogP contribution in [0.5, 0.6) is 6.01 Å². The van der Waals surface area contributed by atoms with Gasteiger partial charge in [-0.2, -0.15) is 9.97 Å². The highest BCUT2D eigenvalue weighted by Gasteiger charge is 2.22. The molecule has 0 bridgehead atoms. The van der Waals surface area contributed by atoms with Crippen LogP contribution in [0, 0.1) is 5.92 Å². The van der Waals surface area contributed by atoms with Crippen LogP contribution in [-0.2, 0) is 16.1 Å². The molecule has 172 valence electrons. The lowest BCUT2D eigenvalue weighted by molar-refractivity contribution is -0.142. The minimum Gasteiger partial charge on any atom is -0.469 e. The average molecular weight is 435 g/mol. The SMILES string of the molecule is CCCCOc1nc(N)c2[nH]c(=O)n(CCCCN3CCCC(CC(=O)OC)C3)c2n1. The van der Waals surface area contributed by atoms with Crippen LogP contribution in [0.1, 0.15) is 51.9 Å². The van der Waals surface area contributed by atoms with Crippen molar-refractivity contribution in [1.82, 2.24) is 24.4 Å². The molecule has 0 aliphatic carbocycles. The normalized spacial score (nSPS) is 17.2. The van der Waals surface area contributed by atoms with Crippen molar-refractivity contribution in [3.05, 3.63) is 10.5 Å². The highest BCUT2D eigenvalue weighted by atomic mass is 16.5. The Morgan fingerprint density at radius 1 is 1.26 bits per heavy atom. The number of esters is 1. The van der Waals surface area contributed by atoms with E-state index in [1.54, 1.807) is 4.57 Å². The Kier molecular flexibility index (Phi) is 8.27. The van der Waals surface area contributed by atoms with E-state index in [1.165, 1.54) is 7.11 Å². The van der Waals surface area contributed by atoms with E-state index in [0.29, 0.717) is 36.7 Å². The van der Waals surface area contributed by atoms with Crippen molar-refractivity contribution in [2.24, 2.45) is 5.92 Å². The van der Waals surface area contributed by atoms with Crippen molar-refractivity contribution in [2.75, 3.05) is 39.1 Å². The summed E-state index contributed by atoms with van der Waals surface area (Å²) in [4.78, 5) is 37.7. The zero-order valence-electron chi connectivity index (χ0n) is 18.6. The lowest BCUT2D eigenvalue weighted by Crippen LogP contribution is -2.37. The van der Waals surface area contributed by atoms with Crippen molar-refractivity contribution in [3.8, 4) is 6.01 Å². The third-order valence-electron chi connectivity index (χ3n) is 5.75. The van der Waals surface area contributed by atoms with Gasteiger partial charge in [-0.05, 0) is 51.1 Å². The van der Waals surface area contributed by atoms with E-state index >= 15 is 0 Å². The number of anilines is 1. The number of ether oxygens (including phenoxy) is 2. The fourth-order valence-electron chi connectivity index (χ4n) is 4.06. The molecule has 10 heteroatoms. The first-order chi connectivity index (χ1) is 15.0. The van der Waals surface area contributed by atoms with E-state index in [-0.39, 0.29) is 23.5 Å². The van der Waals surface area contributed by atoms with Crippen molar-refractivity contribution < 1.29 is 14.3 Å². The number of H-pyrrole nitrogens is 1. The number of aromatic nitrogens is 4. The number of aryl methyl sites for hydroxylation is 1. The molecule has 2 aromatic rings. The molecule has 1 atom stereocenters. The molecule has 0 saturated carbocycles. The predicted molar refractivity (Wildman–Crippen MR) is 118 cm³/mol. The minimum atomic E-state index is -0.238. The summed E-state index contributed by atoms with van der Waals surface area (Å²) in [6.45, 7) is 6.05. The number of nitrogens with zero attached hydrogens (tertiary/aromatic N) is 4. The van der Waals surface area contributed by atoms with E-state index in [0.717, 1.165) is 58.2 Å². The zero-order chi connectivity index (χ0) is 22.2. The molecule has 1 aliphatic rings. The first-order valence-electron chi connectivity index (χ1n) is 11.2. The molecule has 0 aromatic carbocycles. The summed E-state index contributed by atoms with van der Waals surface area (Å²) < 4.78 is 12.0. The summed E-state index contributed by atoms with van der Waals surface area (Å²) in [7, 11) is 1.44. The predicted octanol–water partition coefficient (Wildman–Crippen LogP) is 1.94. The van der Waals surface area contributed by atoms with Gasteiger partial charge in [0, 0.05) is 19.5 Å². The van der Waals surface area contributed by atoms with E-state index in [2.05, 4.69) is 26.8 Å². The molecule has 10 nitrogen and oxygen atoms in total. The number of imidazole rings is 1. The van der Waals surface area contributed by atoms with Crippen LogP contribution in [0.3, 0.4) is 0 Å². The number of likely N-dealkylation sites (tertiary alicyclic amines) is 1. The van der Waals surface area contributed by atoms with Crippen LogP contribution in [0.4, 0.5) is 5.82 Å². The van der Waals surface area contributed by atoms with Crippen molar-refractivity contribution in [3.63, 3.8) is 0 Å². The van der Waals surface area contributed by atoms with Gasteiger partial charge in [-0.1, -0.05) is 13.3 Å². The van der Waals surface area contributed by atoms with Crippen LogP contribution < -0.4 is 16.2 Å². The number of methoxy groups -OCH3 is 1. The number of fused-ring (bicyclic) bond motifs is 1. The first-order valence-corrected chi connectivity index (χ1v) is 11.2. The standard InChI is InChI=1S/C21H34N6O4/c1-3-4-12-31-20-24-18(22)17-19(25-20)27(21(29)23-17)11-6-5-9-26-10-7-8-15(14-26)13-16(28)30-2/h15H,3-14H2,1-2H3,(H,23,29)(H2,22,24,25). The van der Waals surface area contributed by atoms with Gasteiger partial charge in [-0.3, -0.25) is 9.36 Å². The Labute approximate surface area is 182 Å². The summed E-state index contributed by atoms with van der Waals surface area (Å²) in [5, 5.41) is 0. The van der Waals surface area contributed by atoms with Gasteiger partial charge < -0.3 is 25.1 Å². The fourth-order valence-corrected chi connectivity index (χ4v) is 4.06. The van der Waals surface area contributed by atoms with Gasteiger partial charge in [-0.15, -0.1) is 0 Å². The van der Waals surface area contributed by atoms with Crippen molar-refractivity contribution in [2.45, 2.75) is 58.4 Å². The van der Waals surface area contributed by atoms with Gasteiger partial charge in [0.15, 0.2) is 11.5 Å². The van der Waals surface area contributed by atoms with Crippen LogP contribution in [0.2, 0.25) is 0 Å². The van der Waals surface area contributed by atoms with Gasteiger partial charge in [0.25, 0.3) is 0 Å². The molecule has 1 saturated heterocycles. The van der Waals surface area contributed by atoms with E-state index in [9.17, 15) is 9.59 Å². The smallest absolute Gasteiger partial charge is 0.327 e. The Morgan fingerprint density at radius 3 is 2.84 bits per heavy atom. The third kappa shape index (κ3) is 6.19. The number of carbonyl (C=O) groups is 1. The molecule has 0 radical (unpaired) electrons. The molecule has 3 heterocycles. The summed E-state index contributed by atoms with van der Waals surface area (Å²) in [5.74, 6) is 0.449. The lowest BCUT2D eigenvalue weighted by atomic mass is 9.94. The minimum absolute atomic E-state index is 0.134. The van der Waals surface area contributed by atoms with Crippen molar-refractivity contribution >= 4 is 23.0 Å². The second-order valence-electron chi connectivity index (χ2n) is 8.17. The maximum absolute atomic E-state index is 12.4. The first kappa shape index (κ1) is 23.1. The van der Waals surface area contributed by atoms with E-state index < -0.39 is 0 Å². The van der Waals surface area contributed by atoms with Crippen LogP contribution in [0.25, 0.3) is 11.2 Å².